The molecule has 146 valence electrons. The van der Waals surface area contributed by atoms with Crippen molar-refractivity contribution < 1.29 is 17.6 Å². The molecule has 2 aromatic rings. The van der Waals surface area contributed by atoms with Gasteiger partial charge in [0.1, 0.15) is 5.82 Å². The largest absolute Gasteiger partial charge is 0.356 e. The molecular formula is C20H25FN2O3S. The van der Waals surface area contributed by atoms with Crippen LogP contribution in [0.2, 0.25) is 0 Å². The first-order valence-corrected chi connectivity index (χ1v) is 10.7. The molecule has 0 fully saturated rings. The normalized spacial score (nSPS) is 11.5. The average Bonchev–Trinajstić information content (AvgIpc) is 2.63. The number of hydrogen-bond acceptors (Lipinski definition) is 3. The zero-order chi connectivity index (χ0) is 19.7. The molecule has 2 aromatic carbocycles. The molecule has 0 aliphatic carbocycles. The number of amides is 1. The van der Waals surface area contributed by atoms with Crippen LogP contribution >= 0.6 is 0 Å². The van der Waals surface area contributed by atoms with Crippen LogP contribution in [-0.4, -0.2) is 44.5 Å². The number of sulfonamides is 1. The highest BCUT2D eigenvalue weighted by Crippen LogP contribution is 2.06. The lowest BCUT2D eigenvalue weighted by Crippen LogP contribution is -2.36. The van der Waals surface area contributed by atoms with E-state index in [-0.39, 0.29) is 24.7 Å². The van der Waals surface area contributed by atoms with Gasteiger partial charge in [-0.1, -0.05) is 42.5 Å². The van der Waals surface area contributed by atoms with Gasteiger partial charge in [0.05, 0.1) is 6.26 Å². The molecule has 0 bridgehead atoms. The van der Waals surface area contributed by atoms with E-state index in [4.69, 9.17) is 0 Å². The number of carbonyl (C=O) groups excluding carboxylic acids is 1. The number of nitrogens with one attached hydrogen (secondary N) is 1. The van der Waals surface area contributed by atoms with Gasteiger partial charge in [0, 0.05) is 26.1 Å². The van der Waals surface area contributed by atoms with Crippen LogP contribution in [0, 0.1) is 5.82 Å². The Morgan fingerprint density at radius 2 is 1.59 bits per heavy atom. The molecular weight excluding hydrogens is 367 g/mol. The predicted octanol–water partition coefficient (Wildman–Crippen LogP) is 2.38. The Kier molecular flexibility index (Phi) is 7.94. The van der Waals surface area contributed by atoms with E-state index in [9.17, 15) is 17.6 Å². The minimum atomic E-state index is -3.38. The van der Waals surface area contributed by atoms with Crippen molar-refractivity contribution in [2.24, 2.45) is 0 Å². The summed E-state index contributed by atoms with van der Waals surface area (Å²) in [6.45, 7) is 0.910. The fraction of sp³-hybridized carbons (Fsp3) is 0.350. The van der Waals surface area contributed by atoms with Crippen molar-refractivity contribution in [3.8, 4) is 0 Å². The summed E-state index contributed by atoms with van der Waals surface area (Å²) in [5, 5.41) is 2.77. The van der Waals surface area contributed by atoms with E-state index >= 15 is 0 Å². The van der Waals surface area contributed by atoms with Crippen LogP contribution in [-0.2, 0) is 27.7 Å². The van der Waals surface area contributed by atoms with Gasteiger partial charge in [-0.3, -0.25) is 4.79 Å². The van der Waals surface area contributed by atoms with Gasteiger partial charge in [0.2, 0.25) is 15.9 Å². The van der Waals surface area contributed by atoms with E-state index in [0.29, 0.717) is 25.9 Å². The predicted molar refractivity (Wildman–Crippen MR) is 104 cm³/mol. The zero-order valence-corrected chi connectivity index (χ0v) is 16.2. The Balaban J connectivity index is 1.76. The summed E-state index contributed by atoms with van der Waals surface area (Å²) in [6.07, 6.45) is 2.45. The molecule has 0 aliphatic heterocycles. The number of carbonyl (C=O) groups is 1. The summed E-state index contributed by atoms with van der Waals surface area (Å²) in [7, 11) is -3.38. The molecule has 27 heavy (non-hydrogen) atoms. The van der Waals surface area contributed by atoms with E-state index in [1.54, 1.807) is 12.1 Å². The van der Waals surface area contributed by atoms with Crippen LogP contribution in [0.3, 0.4) is 0 Å². The van der Waals surface area contributed by atoms with Crippen molar-refractivity contribution in [2.75, 3.05) is 25.9 Å². The summed E-state index contributed by atoms with van der Waals surface area (Å²) in [5.74, 6) is -0.496. The minimum Gasteiger partial charge on any atom is -0.356 e. The molecule has 0 aliphatic rings. The van der Waals surface area contributed by atoms with Crippen molar-refractivity contribution in [2.45, 2.75) is 19.3 Å². The first kappa shape index (κ1) is 21.1. The quantitative estimate of drug-likeness (QED) is 0.675. The Bertz CT molecular complexity index is 824. The van der Waals surface area contributed by atoms with Crippen LogP contribution in [0.5, 0.6) is 0 Å². The first-order valence-electron chi connectivity index (χ1n) is 8.85. The highest BCUT2D eigenvalue weighted by molar-refractivity contribution is 7.88. The SMILES string of the molecule is CS(=O)(=O)N(CCC(=O)NCCc1ccc(F)cc1)CCc1ccccc1. The molecule has 0 heterocycles. The van der Waals surface area contributed by atoms with Crippen molar-refractivity contribution in [1.82, 2.24) is 9.62 Å². The standard InChI is InChI=1S/C20H25FN2O3S/c1-27(25,26)23(15-12-17-5-3-2-4-6-17)16-13-20(24)22-14-11-18-7-9-19(21)10-8-18/h2-10H,11-16H2,1H3,(H,22,24). The molecule has 0 unspecified atom stereocenters. The number of rotatable bonds is 10. The van der Waals surface area contributed by atoms with Gasteiger partial charge in [-0.15, -0.1) is 0 Å². The second-order valence-corrected chi connectivity index (χ2v) is 8.36. The van der Waals surface area contributed by atoms with E-state index in [1.807, 2.05) is 30.3 Å². The van der Waals surface area contributed by atoms with Gasteiger partial charge in [0.15, 0.2) is 0 Å². The topological polar surface area (TPSA) is 66.5 Å². The molecule has 5 nitrogen and oxygen atoms in total. The van der Waals surface area contributed by atoms with Crippen LogP contribution < -0.4 is 5.32 Å². The lowest BCUT2D eigenvalue weighted by atomic mass is 10.1. The van der Waals surface area contributed by atoms with Crippen molar-refractivity contribution in [3.63, 3.8) is 0 Å². The average molecular weight is 392 g/mol. The lowest BCUT2D eigenvalue weighted by Gasteiger charge is -2.19. The molecule has 1 amide bonds. The monoisotopic (exact) mass is 392 g/mol. The first-order chi connectivity index (χ1) is 12.8. The number of nitrogens with zero attached hydrogens (tertiary/aromatic N) is 1. The Hall–Kier alpha value is -2.25. The Labute approximate surface area is 160 Å². The van der Waals surface area contributed by atoms with E-state index < -0.39 is 10.0 Å². The fourth-order valence-corrected chi connectivity index (χ4v) is 3.50. The summed E-state index contributed by atoms with van der Waals surface area (Å²) in [4.78, 5) is 12.0. The van der Waals surface area contributed by atoms with Crippen LogP contribution in [0.25, 0.3) is 0 Å². The van der Waals surface area contributed by atoms with Gasteiger partial charge in [0.25, 0.3) is 0 Å². The van der Waals surface area contributed by atoms with Gasteiger partial charge in [-0.05, 0) is 36.1 Å². The molecule has 0 radical (unpaired) electrons. The maximum Gasteiger partial charge on any atom is 0.221 e. The van der Waals surface area contributed by atoms with Gasteiger partial charge >= 0.3 is 0 Å². The smallest absolute Gasteiger partial charge is 0.221 e. The Morgan fingerprint density at radius 3 is 2.22 bits per heavy atom. The summed E-state index contributed by atoms with van der Waals surface area (Å²) in [5.41, 5.74) is 1.98. The lowest BCUT2D eigenvalue weighted by molar-refractivity contribution is -0.121. The van der Waals surface area contributed by atoms with Crippen LogP contribution in [0.15, 0.2) is 54.6 Å². The van der Waals surface area contributed by atoms with Crippen molar-refractivity contribution in [3.05, 3.63) is 71.5 Å². The summed E-state index contributed by atoms with van der Waals surface area (Å²) >= 11 is 0. The van der Waals surface area contributed by atoms with Crippen LogP contribution in [0.4, 0.5) is 4.39 Å². The highest BCUT2D eigenvalue weighted by Gasteiger charge is 2.17. The van der Waals surface area contributed by atoms with Gasteiger partial charge in [-0.2, -0.15) is 0 Å². The maximum absolute atomic E-state index is 12.9. The molecule has 0 atom stereocenters. The molecule has 1 N–H and O–H groups in total. The Morgan fingerprint density at radius 1 is 0.963 bits per heavy atom. The molecule has 0 aromatic heterocycles. The van der Waals surface area contributed by atoms with Gasteiger partial charge < -0.3 is 5.32 Å². The summed E-state index contributed by atoms with van der Waals surface area (Å²) < 4.78 is 38.1. The van der Waals surface area contributed by atoms with E-state index in [1.165, 1.54) is 16.4 Å². The fourth-order valence-electron chi connectivity index (χ4n) is 2.65. The molecule has 0 saturated carbocycles. The van der Waals surface area contributed by atoms with Gasteiger partial charge in [-0.25, -0.2) is 17.1 Å². The molecule has 2 rings (SSSR count). The number of benzene rings is 2. The maximum atomic E-state index is 12.9. The molecule has 7 heteroatoms. The third kappa shape index (κ3) is 7.88. The third-order valence-corrected chi connectivity index (χ3v) is 5.50. The molecule has 0 saturated heterocycles. The highest BCUT2D eigenvalue weighted by atomic mass is 32.2. The van der Waals surface area contributed by atoms with Crippen molar-refractivity contribution >= 4 is 15.9 Å². The second-order valence-electron chi connectivity index (χ2n) is 6.37. The zero-order valence-electron chi connectivity index (χ0n) is 15.4. The van der Waals surface area contributed by atoms with E-state index in [0.717, 1.165) is 17.4 Å². The molecule has 0 spiro atoms. The number of hydrogen-bond donors (Lipinski definition) is 1. The second kappa shape index (κ2) is 10.2. The van der Waals surface area contributed by atoms with Crippen LogP contribution in [0.1, 0.15) is 17.5 Å². The third-order valence-electron chi connectivity index (χ3n) is 4.20. The summed E-state index contributed by atoms with van der Waals surface area (Å²) in [6, 6.07) is 15.7. The van der Waals surface area contributed by atoms with E-state index in [2.05, 4.69) is 5.32 Å². The van der Waals surface area contributed by atoms with Crippen molar-refractivity contribution in [1.29, 1.82) is 0 Å². The minimum absolute atomic E-state index is 0.102. The number of halogens is 1.